The number of hydrogen-bond acceptors (Lipinski definition) is 4. The van der Waals surface area contributed by atoms with E-state index >= 15 is 0 Å². The molecule has 0 spiro atoms. The Bertz CT molecular complexity index is 325. The second-order valence-corrected chi connectivity index (χ2v) is 4.88. The first-order valence-corrected chi connectivity index (χ1v) is 5.76. The van der Waals surface area contributed by atoms with Gasteiger partial charge in [0.15, 0.2) is 0 Å². The zero-order valence-corrected chi connectivity index (χ0v) is 9.80. The first-order chi connectivity index (χ1) is 7.08. The van der Waals surface area contributed by atoms with Crippen molar-refractivity contribution < 1.29 is 9.90 Å². The first kappa shape index (κ1) is 12.1. The predicted octanol–water partition coefficient (Wildman–Crippen LogP) is 1.79. The van der Waals surface area contributed by atoms with Crippen molar-refractivity contribution >= 4 is 17.3 Å². The van der Waals surface area contributed by atoms with Crippen LogP contribution in [0.3, 0.4) is 0 Å². The molecule has 4 nitrogen and oxygen atoms in total. The Hall–Kier alpha value is -0.940. The molecule has 0 radical (unpaired) electrons. The standard InChI is InChI=1S/C10H16N2O2S/c1-7(3-4-10(13)14)11-5-9-6-12-8(2)15-9/h6-7,11H,3-5H2,1-2H3,(H,13,14). The van der Waals surface area contributed by atoms with Gasteiger partial charge in [-0.25, -0.2) is 4.98 Å². The van der Waals surface area contributed by atoms with Crippen LogP contribution in [0.4, 0.5) is 0 Å². The maximum Gasteiger partial charge on any atom is 0.303 e. The second-order valence-electron chi connectivity index (χ2n) is 3.56. The summed E-state index contributed by atoms with van der Waals surface area (Å²) in [6.45, 7) is 4.74. The smallest absolute Gasteiger partial charge is 0.303 e. The summed E-state index contributed by atoms with van der Waals surface area (Å²) in [5, 5.41) is 12.9. The van der Waals surface area contributed by atoms with Crippen LogP contribution < -0.4 is 5.32 Å². The van der Waals surface area contributed by atoms with Gasteiger partial charge in [0.25, 0.3) is 0 Å². The molecule has 1 atom stereocenters. The highest BCUT2D eigenvalue weighted by Crippen LogP contribution is 2.11. The number of nitrogens with one attached hydrogen (secondary N) is 1. The van der Waals surface area contributed by atoms with Crippen molar-refractivity contribution in [3.8, 4) is 0 Å². The van der Waals surface area contributed by atoms with Crippen molar-refractivity contribution in [3.63, 3.8) is 0 Å². The molecule has 5 heteroatoms. The fourth-order valence-electron chi connectivity index (χ4n) is 1.20. The average molecular weight is 228 g/mol. The number of carboxylic acids is 1. The van der Waals surface area contributed by atoms with Crippen LogP contribution in [0.2, 0.25) is 0 Å². The molecule has 0 aliphatic carbocycles. The van der Waals surface area contributed by atoms with Crippen LogP contribution in [0, 0.1) is 6.92 Å². The monoisotopic (exact) mass is 228 g/mol. The zero-order chi connectivity index (χ0) is 11.3. The van der Waals surface area contributed by atoms with Gasteiger partial charge < -0.3 is 10.4 Å². The van der Waals surface area contributed by atoms with E-state index in [0.717, 1.165) is 11.6 Å². The van der Waals surface area contributed by atoms with Crippen LogP contribution in [0.15, 0.2) is 6.20 Å². The van der Waals surface area contributed by atoms with Crippen LogP contribution in [-0.4, -0.2) is 22.1 Å². The molecule has 0 saturated carbocycles. The Morgan fingerprint density at radius 2 is 2.47 bits per heavy atom. The summed E-state index contributed by atoms with van der Waals surface area (Å²) in [5.74, 6) is -0.739. The number of aryl methyl sites for hydroxylation is 1. The summed E-state index contributed by atoms with van der Waals surface area (Å²) in [6.07, 6.45) is 2.74. The lowest BCUT2D eigenvalue weighted by molar-refractivity contribution is -0.137. The molecule has 1 aromatic heterocycles. The number of rotatable bonds is 6. The Morgan fingerprint density at radius 3 is 3.00 bits per heavy atom. The molecule has 84 valence electrons. The van der Waals surface area contributed by atoms with Crippen molar-refractivity contribution in [1.82, 2.24) is 10.3 Å². The predicted molar refractivity (Wildman–Crippen MR) is 60.0 cm³/mol. The number of thiazole rings is 1. The SMILES string of the molecule is Cc1ncc(CNC(C)CCC(=O)O)s1. The third kappa shape index (κ3) is 4.90. The molecule has 1 heterocycles. The van der Waals surface area contributed by atoms with E-state index in [-0.39, 0.29) is 12.5 Å². The molecule has 1 aromatic rings. The van der Waals surface area contributed by atoms with Crippen molar-refractivity contribution in [3.05, 3.63) is 16.1 Å². The van der Waals surface area contributed by atoms with Gasteiger partial charge in [0.05, 0.1) is 5.01 Å². The molecule has 0 aliphatic heterocycles. The molecular formula is C10H16N2O2S. The van der Waals surface area contributed by atoms with Gasteiger partial charge in [0, 0.05) is 30.1 Å². The Morgan fingerprint density at radius 1 is 1.73 bits per heavy atom. The van der Waals surface area contributed by atoms with Crippen molar-refractivity contribution in [2.24, 2.45) is 0 Å². The molecule has 0 saturated heterocycles. The highest BCUT2D eigenvalue weighted by Gasteiger charge is 2.05. The van der Waals surface area contributed by atoms with Gasteiger partial charge in [-0.15, -0.1) is 11.3 Å². The normalized spacial score (nSPS) is 12.7. The fraction of sp³-hybridized carbons (Fsp3) is 0.600. The van der Waals surface area contributed by atoms with Gasteiger partial charge in [0.1, 0.15) is 0 Å². The Kier molecular flexibility index (Phi) is 4.71. The lowest BCUT2D eigenvalue weighted by Crippen LogP contribution is -2.25. The van der Waals surface area contributed by atoms with Crippen LogP contribution >= 0.6 is 11.3 Å². The van der Waals surface area contributed by atoms with Crippen molar-refractivity contribution in [1.29, 1.82) is 0 Å². The average Bonchev–Trinajstić information content (AvgIpc) is 2.58. The van der Waals surface area contributed by atoms with E-state index in [4.69, 9.17) is 5.11 Å². The van der Waals surface area contributed by atoms with Crippen molar-refractivity contribution in [2.75, 3.05) is 0 Å². The van der Waals surface area contributed by atoms with Gasteiger partial charge in [0.2, 0.25) is 0 Å². The minimum Gasteiger partial charge on any atom is -0.481 e. The number of carbonyl (C=O) groups is 1. The molecule has 1 unspecified atom stereocenters. The van der Waals surface area contributed by atoms with Crippen LogP contribution in [0.25, 0.3) is 0 Å². The van der Waals surface area contributed by atoms with E-state index in [1.807, 2.05) is 20.0 Å². The molecule has 0 aromatic carbocycles. The summed E-state index contributed by atoms with van der Waals surface area (Å²) in [6, 6.07) is 0.225. The van der Waals surface area contributed by atoms with Gasteiger partial charge in [-0.1, -0.05) is 0 Å². The topological polar surface area (TPSA) is 62.2 Å². The lowest BCUT2D eigenvalue weighted by Gasteiger charge is -2.10. The molecule has 15 heavy (non-hydrogen) atoms. The summed E-state index contributed by atoms with van der Waals surface area (Å²) in [7, 11) is 0. The van der Waals surface area contributed by atoms with Crippen LogP contribution in [0.1, 0.15) is 29.7 Å². The third-order valence-corrected chi connectivity index (χ3v) is 3.00. The maximum atomic E-state index is 10.3. The van der Waals surface area contributed by atoms with Crippen LogP contribution in [0.5, 0.6) is 0 Å². The van der Waals surface area contributed by atoms with Gasteiger partial charge in [-0.05, 0) is 20.3 Å². The molecule has 2 N–H and O–H groups in total. The van der Waals surface area contributed by atoms with E-state index < -0.39 is 5.97 Å². The summed E-state index contributed by atoms with van der Waals surface area (Å²) in [4.78, 5) is 15.7. The third-order valence-electron chi connectivity index (χ3n) is 2.09. The van der Waals surface area contributed by atoms with E-state index in [9.17, 15) is 4.79 Å². The summed E-state index contributed by atoms with van der Waals surface area (Å²) in [5.41, 5.74) is 0. The van der Waals surface area contributed by atoms with Crippen LogP contribution in [-0.2, 0) is 11.3 Å². The number of nitrogens with zero attached hydrogens (tertiary/aromatic N) is 1. The summed E-state index contributed by atoms with van der Waals surface area (Å²) < 4.78 is 0. The number of aromatic nitrogens is 1. The number of carboxylic acid groups (broad SMARTS) is 1. The minimum absolute atomic E-state index is 0.218. The van der Waals surface area contributed by atoms with E-state index in [1.54, 1.807) is 11.3 Å². The van der Waals surface area contributed by atoms with E-state index in [2.05, 4.69) is 10.3 Å². The second kappa shape index (κ2) is 5.82. The number of hydrogen-bond donors (Lipinski definition) is 2. The molecular weight excluding hydrogens is 212 g/mol. The highest BCUT2D eigenvalue weighted by molar-refractivity contribution is 7.11. The van der Waals surface area contributed by atoms with E-state index in [1.165, 1.54) is 4.88 Å². The maximum absolute atomic E-state index is 10.3. The lowest BCUT2D eigenvalue weighted by atomic mass is 10.2. The Balaban J connectivity index is 2.22. The van der Waals surface area contributed by atoms with Crippen molar-refractivity contribution in [2.45, 2.75) is 39.3 Å². The number of aliphatic carboxylic acids is 1. The van der Waals surface area contributed by atoms with Gasteiger partial charge in [-0.2, -0.15) is 0 Å². The Labute approximate surface area is 93.4 Å². The van der Waals surface area contributed by atoms with Gasteiger partial charge in [-0.3, -0.25) is 4.79 Å². The molecule has 0 aliphatic rings. The molecule has 0 amide bonds. The van der Waals surface area contributed by atoms with Gasteiger partial charge >= 0.3 is 5.97 Å². The first-order valence-electron chi connectivity index (χ1n) is 4.94. The summed E-state index contributed by atoms with van der Waals surface area (Å²) >= 11 is 1.66. The molecule has 0 fully saturated rings. The quantitative estimate of drug-likeness (QED) is 0.779. The molecule has 1 rings (SSSR count). The minimum atomic E-state index is -0.739. The zero-order valence-electron chi connectivity index (χ0n) is 8.99. The van der Waals surface area contributed by atoms with E-state index in [0.29, 0.717) is 6.42 Å². The molecule has 0 bridgehead atoms. The largest absolute Gasteiger partial charge is 0.481 e. The highest BCUT2D eigenvalue weighted by atomic mass is 32.1. The fourth-order valence-corrected chi connectivity index (χ4v) is 1.95.